The molecule has 0 bridgehead atoms. The minimum atomic E-state index is -4.44. The van der Waals surface area contributed by atoms with Gasteiger partial charge in [-0.05, 0) is 97.2 Å². The Morgan fingerprint density at radius 2 is 0.398 bits per heavy atom. The minimum absolute atomic E-state index is 0.0936. The van der Waals surface area contributed by atoms with Gasteiger partial charge in [0.2, 0.25) is 0 Å². The highest BCUT2D eigenvalue weighted by atomic mass is 32.2. The van der Waals surface area contributed by atoms with Crippen LogP contribution in [0, 0.1) is 0 Å². The van der Waals surface area contributed by atoms with Gasteiger partial charge in [0.05, 0.1) is 0 Å². The number of aromatic nitrogens is 4. The topological polar surface area (TPSA) is 138 Å². The molecule has 12 nitrogen and oxygen atoms in total. The van der Waals surface area contributed by atoms with Gasteiger partial charge in [-0.25, -0.2) is 0 Å². The highest BCUT2D eigenvalue weighted by Crippen LogP contribution is 2.38. The second-order valence-corrected chi connectivity index (χ2v) is 38.7. The van der Waals surface area contributed by atoms with Crippen LogP contribution in [0.15, 0.2) is 194 Å². The van der Waals surface area contributed by atoms with Crippen LogP contribution in [-0.4, -0.2) is 119 Å². The van der Waals surface area contributed by atoms with Crippen LogP contribution < -0.4 is 0 Å². The summed E-state index contributed by atoms with van der Waals surface area (Å²) in [5, 5.41) is 9.92. The largest absolute Gasteiger partial charge is 0.483 e. The molecule has 1 saturated heterocycles. The van der Waals surface area contributed by atoms with Crippen molar-refractivity contribution in [3.63, 3.8) is 0 Å². The molecule has 1 aliphatic rings. The molecule has 1 fully saturated rings. The molecule has 456 valence electrons. The fourth-order valence-electron chi connectivity index (χ4n) is 13.1. The predicted molar refractivity (Wildman–Crippen MR) is 381 cm³/mol. The number of benzene rings is 8. The standard InChI is InChI=1S/C68H76N4O8S4Si4/c73-85(49-17-41-81-45-37-69-61-29-9-1-21-53(61)54-22-2-10-30-62(54)69)77-86(74,50-18-42-82-46-38-70-63-31-11-3-23-55(63)56-24-4-12-32-64(56)70)79-88(76,52-20-44-84-48-40-72-67-35-15-7-27-59(67)60-28-8-16-36-68(60)72)80-87(75,78-85)51-19-43-83-47-39-71-65-33-13-5-25-57(65)58-26-6-14-34-66(58)71/h1-16,21-36,73-76H,17-20,37-52H2. The van der Waals surface area contributed by atoms with Gasteiger partial charge in [0.1, 0.15) is 0 Å². The molecule has 0 saturated carbocycles. The first-order chi connectivity index (χ1) is 43.1. The Hall–Kier alpha value is -5.09. The van der Waals surface area contributed by atoms with Crippen LogP contribution in [0.2, 0.25) is 24.2 Å². The van der Waals surface area contributed by atoms with Gasteiger partial charge in [0, 0.05) is 161 Å². The predicted octanol–water partition coefficient (Wildman–Crippen LogP) is 15.5. The number of nitrogens with zero attached hydrogens (tertiary/aromatic N) is 4. The molecule has 12 aromatic rings. The van der Waals surface area contributed by atoms with E-state index < -0.39 is 35.2 Å². The van der Waals surface area contributed by atoms with Gasteiger partial charge in [0.15, 0.2) is 0 Å². The Bertz CT molecular complexity index is 3600. The molecule has 0 radical (unpaired) electrons. The zero-order chi connectivity index (χ0) is 60.0. The van der Waals surface area contributed by atoms with Crippen LogP contribution in [0.25, 0.3) is 87.2 Å². The summed E-state index contributed by atoms with van der Waals surface area (Å²) in [4.78, 5) is 51.5. The van der Waals surface area contributed by atoms with E-state index in [2.05, 4.69) is 212 Å². The molecule has 13 rings (SSSR count). The highest BCUT2D eigenvalue weighted by molar-refractivity contribution is 7.99. The molecule has 0 unspecified atom stereocenters. The number of para-hydroxylation sites is 8. The van der Waals surface area contributed by atoms with Crippen LogP contribution in [0.5, 0.6) is 0 Å². The summed E-state index contributed by atoms with van der Waals surface area (Å²) in [6, 6.07) is 68.7. The Morgan fingerprint density at radius 1 is 0.239 bits per heavy atom. The summed E-state index contributed by atoms with van der Waals surface area (Å²) in [6.45, 7) is 3.24. The fraction of sp³-hybridized carbons (Fsp3) is 0.294. The lowest BCUT2D eigenvalue weighted by Crippen LogP contribution is -2.71. The molecule has 5 heterocycles. The van der Waals surface area contributed by atoms with Gasteiger partial charge < -0.3 is 53.9 Å². The van der Waals surface area contributed by atoms with E-state index in [9.17, 15) is 19.2 Å². The number of fused-ring (bicyclic) bond motifs is 12. The van der Waals surface area contributed by atoms with Gasteiger partial charge in [-0.2, -0.15) is 47.0 Å². The molecule has 4 N–H and O–H groups in total. The average Bonchev–Trinajstić information content (AvgIpc) is 3.41. The van der Waals surface area contributed by atoms with E-state index in [4.69, 9.17) is 16.5 Å². The third-order valence-corrected chi connectivity index (χ3v) is 35.3. The second-order valence-electron chi connectivity index (χ2n) is 22.9. The third kappa shape index (κ3) is 13.6. The lowest BCUT2D eigenvalue weighted by atomic mass is 10.2. The van der Waals surface area contributed by atoms with Gasteiger partial charge in [0.25, 0.3) is 0 Å². The smallest absolute Gasteiger partial charge is 0.391 e. The summed E-state index contributed by atoms with van der Waals surface area (Å²) >= 11 is 7.16. The summed E-state index contributed by atoms with van der Waals surface area (Å²) in [5.74, 6) is 6.14. The molecule has 20 heteroatoms. The van der Waals surface area contributed by atoms with Crippen LogP contribution >= 0.6 is 47.0 Å². The average molecular weight is 1320 g/mol. The zero-order valence-electron chi connectivity index (χ0n) is 49.5. The molecule has 0 amide bonds. The highest BCUT2D eigenvalue weighted by Gasteiger charge is 2.63. The molecular weight excluding hydrogens is 1240 g/mol. The molecule has 4 aromatic heterocycles. The zero-order valence-corrected chi connectivity index (χ0v) is 56.7. The van der Waals surface area contributed by atoms with E-state index in [1.807, 2.05) is 0 Å². The Morgan fingerprint density at radius 3 is 0.568 bits per heavy atom. The number of rotatable bonds is 28. The van der Waals surface area contributed by atoms with Crippen molar-refractivity contribution in [1.82, 2.24) is 18.3 Å². The van der Waals surface area contributed by atoms with Crippen molar-refractivity contribution in [2.45, 2.75) is 76.0 Å². The first kappa shape index (κ1) is 61.8. The molecule has 1 aliphatic heterocycles. The van der Waals surface area contributed by atoms with Gasteiger partial charge >= 0.3 is 35.2 Å². The first-order valence-electron chi connectivity index (χ1n) is 30.9. The van der Waals surface area contributed by atoms with Crippen molar-refractivity contribution in [3.8, 4) is 0 Å². The fourth-order valence-corrected chi connectivity index (χ4v) is 33.5. The molecule has 0 aliphatic carbocycles. The first-order valence-corrected chi connectivity index (χ1v) is 43.4. The lowest BCUT2D eigenvalue weighted by molar-refractivity contribution is 0.0669. The number of thioether (sulfide) groups is 4. The van der Waals surface area contributed by atoms with Gasteiger partial charge in [-0.3, -0.25) is 0 Å². The van der Waals surface area contributed by atoms with Crippen LogP contribution in [-0.2, 0) is 42.6 Å². The maximum absolute atomic E-state index is 12.9. The van der Waals surface area contributed by atoms with Gasteiger partial charge in [-0.1, -0.05) is 146 Å². The SMILES string of the molecule is O[Si]1(CCCSCCn2c3ccccc3c3ccccc32)O[Si](O)(CCCSCCn2c3ccccc3c3ccccc32)O[Si](O)(CCCSCCn2c3ccccc3c3ccccc32)O[Si](O)(CCCSCCn2c3ccccc3c3ccccc32)O1. The maximum Gasteiger partial charge on any atom is 0.483 e. The van der Waals surface area contributed by atoms with Crippen LogP contribution in [0.3, 0.4) is 0 Å². The van der Waals surface area contributed by atoms with Crippen molar-refractivity contribution >= 4 is 169 Å². The van der Waals surface area contributed by atoms with E-state index in [0.29, 0.717) is 48.7 Å². The quantitative estimate of drug-likeness (QED) is 0.0274. The third-order valence-electron chi connectivity index (χ3n) is 17.0. The molecule has 88 heavy (non-hydrogen) atoms. The minimum Gasteiger partial charge on any atom is -0.391 e. The molecule has 0 spiro atoms. The molecular formula is C68H76N4O8S4Si4. The lowest BCUT2D eigenvalue weighted by Gasteiger charge is -2.45. The number of aryl methyl sites for hydroxylation is 4. The summed E-state index contributed by atoms with van der Waals surface area (Å²) in [5.41, 5.74) is 9.64. The maximum atomic E-state index is 12.9. The van der Waals surface area contributed by atoms with Crippen molar-refractivity contribution in [1.29, 1.82) is 0 Å². The normalized spacial score (nSPS) is 20.2. The van der Waals surface area contributed by atoms with E-state index in [1.54, 1.807) is 47.0 Å². The van der Waals surface area contributed by atoms with E-state index in [1.165, 1.54) is 87.2 Å². The van der Waals surface area contributed by atoms with E-state index in [-0.39, 0.29) is 24.2 Å². The van der Waals surface area contributed by atoms with E-state index >= 15 is 0 Å². The Labute approximate surface area is 535 Å². The van der Waals surface area contributed by atoms with Crippen LogP contribution in [0.1, 0.15) is 25.7 Å². The molecule has 0 atom stereocenters. The molecule has 8 aromatic carbocycles. The van der Waals surface area contributed by atoms with Crippen molar-refractivity contribution in [2.75, 3.05) is 46.0 Å². The van der Waals surface area contributed by atoms with Crippen molar-refractivity contribution in [3.05, 3.63) is 194 Å². The van der Waals surface area contributed by atoms with E-state index in [0.717, 1.165) is 49.2 Å². The Balaban J connectivity index is 0.700. The number of hydrogen-bond acceptors (Lipinski definition) is 12. The summed E-state index contributed by atoms with van der Waals surface area (Å²) in [6.07, 6.45) is 2.06. The van der Waals surface area contributed by atoms with Crippen LogP contribution in [0.4, 0.5) is 0 Å². The summed E-state index contributed by atoms with van der Waals surface area (Å²) < 4.78 is 36.2. The summed E-state index contributed by atoms with van der Waals surface area (Å²) in [7, 11) is -17.8. The van der Waals surface area contributed by atoms with Gasteiger partial charge in [-0.15, -0.1) is 0 Å². The Kier molecular flexibility index (Phi) is 19.5. The van der Waals surface area contributed by atoms with Crippen molar-refractivity contribution in [2.24, 2.45) is 0 Å². The number of hydrogen-bond donors (Lipinski definition) is 4. The monoisotopic (exact) mass is 1320 g/mol. The van der Waals surface area contributed by atoms with Crippen molar-refractivity contribution < 1.29 is 35.6 Å². The second kappa shape index (κ2) is 27.8.